The number of furan rings is 1. The van der Waals surface area contributed by atoms with Crippen LogP contribution in [0.5, 0.6) is 0 Å². The molecule has 192 valence electrons. The van der Waals surface area contributed by atoms with Crippen molar-refractivity contribution in [2.45, 2.75) is 12.8 Å². The van der Waals surface area contributed by atoms with E-state index in [1.54, 1.807) is 0 Å². The SMILES string of the molecule is c1cccc(-c2ccccc2-c2oc(-c3c4ccccc4c(-c4ccccc4)c4ccccc34)c3c2CCC=C3)c#1. The molecule has 0 unspecified atom stereocenters. The van der Waals surface area contributed by atoms with E-state index in [-0.39, 0.29) is 0 Å². The van der Waals surface area contributed by atoms with Gasteiger partial charge in [0.1, 0.15) is 11.5 Å². The van der Waals surface area contributed by atoms with Crippen molar-refractivity contribution in [3.05, 3.63) is 151 Å². The van der Waals surface area contributed by atoms with Crippen LogP contribution in [0.4, 0.5) is 0 Å². The van der Waals surface area contributed by atoms with Gasteiger partial charge in [-0.3, -0.25) is 0 Å². The fourth-order valence-corrected chi connectivity index (χ4v) is 6.45. The molecule has 0 N–H and O–H groups in total. The summed E-state index contributed by atoms with van der Waals surface area (Å²) in [6.07, 6.45) is 6.49. The molecule has 7 aromatic rings. The largest absolute Gasteiger partial charge is 0.455 e. The standard InChI is InChI=1S/C40H26O/c1-3-15-27(16-4-1)29-19-7-12-24-34(29)39-35-25-13-14-26-36(35)40(41-39)38-32-22-10-8-20-30(32)37(28-17-5-2-6-18-28)31-21-9-11-23-33(31)38/h1-3,5-12,14-15,17-24,26H,13,25H2. The van der Waals surface area contributed by atoms with Crippen LogP contribution in [0.3, 0.4) is 0 Å². The molecular formula is C40H26O. The van der Waals surface area contributed by atoms with E-state index in [0.29, 0.717) is 0 Å². The van der Waals surface area contributed by atoms with Gasteiger partial charge in [-0.25, -0.2) is 0 Å². The highest BCUT2D eigenvalue weighted by Gasteiger charge is 2.27. The molecule has 1 heteroatoms. The second-order valence-corrected chi connectivity index (χ2v) is 10.6. The van der Waals surface area contributed by atoms with Crippen LogP contribution in [0.25, 0.3) is 72.5 Å². The Morgan fingerprint density at radius 3 is 1.88 bits per heavy atom. The van der Waals surface area contributed by atoms with Crippen LogP contribution in [-0.4, -0.2) is 0 Å². The monoisotopic (exact) mass is 522 g/mol. The quantitative estimate of drug-likeness (QED) is 0.210. The zero-order valence-electron chi connectivity index (χ0n) is 22.5. The fourth-order valence-electron chi connectivity index (χ4n) is 6.45. The van der Waals surface area contributed by atoms with Crippen molar-refractivity contribution in [2.75, 3.05) is 0 Å². The average Bonchev–Trinajstić information content (AvgIpc) is 3.43. The second-order valence-electron chi connectivity index (χ2n) is 10.6. The van der Waals surface area contributed by atoms with Crippen molar-refractivity contribution in [2.24, 2.45) is 0 Å². The summed E-state index contributed by atoms with van der Waals surface area (Å²) in [6.45, 7) is 0. The summed E-state index contributed by atoms with van der Waals surface area (Å²) in [7, 11) is 0. The molecule has 1 aliphatic carbocycles. The smallest absolute Gasteiger partial charge is 0.143 e. The highest BCUT2D eigenvalue weighted by Crippen LogP contribution is 2.49. The molecule has 0 radical (unpaired) electrons. The molecule has 1 aromatic heterocycles. The van der Waals surface area contributed by atoms with E-state index < -0.39 is 0 Å². The number of fused-ring (bicyclic) bond motifs is 3. The molecular weight excluding hydrogens is 496 g/mol. The Morgan fingerprint density at radius 1 is 0.561 bits per heavy atom. The first kappa shape index (κ1) is 23.6. The fraction of sp³-hybridized carbons (Fsp3) is 0.0500. The maximum atomic E-state index is 7.09. The lowest BCUT2D eigenvalue weighted by Gasteiger charge is -2.17. The van der Waals surface area contributed by atoms with Gasteiger partial charge < -0.3 is 4.42 Å². The minimum atomic E-state index is 0.941. The Labute approximate surface area is 240 Å². The number of rotatable bonds is 4. The van der Waals surface area contributed by atoms with Gasteiger partial charge in [-0.15, -0.1) is 0 Å². The molecule has 0 spiro atoms. The number of hydrogen-bond donors (Lipinski definition) is 0. The predicted molar refractivity (Wildman–Crippen MR) is 170 cm³/mol. The average molecular weight is 523 g/mol. The van der Waals surface area contributed by atoms with Gasteiger partial charge >= 0.3 is 0 Å². The first-order chi connectivity index (χ1) is 20.4. The maximum Gasteiger partial charge on any atom is 0.143 e. The van der Waals surface area contributed by atoms with Crippen molar-refractivity contribution in [3.63, 3.8) is 0 Å². The maximum absolute atomic E-state index is 7.09. The summed E-state index contributed by atoms with van der Waals surface area (Å²) >= 11 is 0. The summed E-state index contributed by atoms with van der Waals surface area (Å²) in [5.41, 5.74) is 9.32. The lowest BCUT2D eigenvalue weighted by atomic mass is 9.85. The molecule has 0 atom stereocenters. The van der Waals surface area contributed by atoms with Crippen LogP contribution >= 0.6 is 0 Å². The molecule has 1 aliphatic rings. The van der Waals surface area contributed by atoms with Gasteiger partial charge in [0.25, 0.3) is 0 Å². The zero-order valence-corrected chi connectivity index (χ0v) is 22.5. The van der Waals surface area contributed by atoms with E-state index in [0.717, 1.165) is 46.6 Å². The third kappa shape index (κ3) is 3.80. The van der Waals surface area contributed by atoms with Gasteiger partial charge in [-0.1, -0.05) is 133 Å². The van der Waals surface area contributed by atoms with E-state index in [2.05, 4.69) is 133 Å². The molecule has 0 aliphatic heterocycles. The molecule has 0 amide bonds. The number of allylic oxidation sites excluding steroid dienone is 1. The normalized spacial score (nSPS) is 12.4. The first-order valence-electron chi connectivity index (χ1n) is 14.2. The van der Waals surface area contributed by atoms with Crippen LogP contribution in [0, 0.1) is 12.1 Å². The van der Waals surface area contributed by atoms with Crippen LogP contribution in [0.1, 0.15) is 17.5 Å². The summed E-state index contributed by atoms with van der Waals surface area (Å²) in [4.78, 5) is 0. The van der Waals surface area contributed by atoms with Gasteiger partial charge in [-0.05, 0) is 57.6 Å². The van der Waals surface area contributed by atoms with Gasteiger partial charge in [0.2, 0.25) is 0 Å². The van der Waals surface area contributed by atoms with Gasteiger partial charge in [0, 0.05) is 33.4 Å². The van der Waals surface area contributed by atoms with Crippen LogP contribution in [-0.2, 0) is 6.42 Å². The Kier molecular flexibility index (Phi) is 5.57. The van der Waals surface area contributed by atoms with E-state index in [9.17, 15) is 0 Å². The molecule has 41 heavy (non-hydrogen) atoms. The van der Waals surface area contributed by atoms with Crippen LogP contribution in [0.15, 0.2) is 132 Å². The summed E-state index contributed by atoms with van der Waals surface area (Å²) in [5.74, 6) is 1.89. The Hall–Kier alpha value is -5.32. The van der Waals surface area contributed by atoms with Crippen LogP contribution < -0.4 is 0 Å². The van der Waals surface area contributed by atoms with Crippen molar-refractivity contribution in [1.29, 1.82) is 0 Å². The minimum absolute atomic E-state index is 0.941. The van der Waals surface area contributed by atoms with Crippen molar-refractivity contribution in [3.8, 4) is 44.9 Å². The summed E-state index contributed by atoms with van der Waals surface area (Å²) in [6, 6.07) is 49.2. The highest BCUT2D eigenvalue weighted by atomic mass is 16.3. The minimum Gasteiger partial charge on any atom is -0.455 e. The lowest BCUT2D eigenvalue weighted by molar-refractivity contribution is 0.595. The predicted octanol–water partition coefficient (Wildman–Crippen LogP) is 10.8. The van der Waals surface area contributed by atoms with Crippen molar-refractivity contribution >= 4 is 27.6 Å². The lowest BCUT2D eigenvalue weighted by Crippen LogP contribution is -1.95. The summed E-state index contributed by atoms with van der Waals surface area (Å²) < 4.78 is 7.09. The van der Waals surface area contributed by atoms with Gasteiger partial charge in [-0.2, -0.15) is 0 Å². The van der Waals surface area contributed by atoms with Crippen LogP contribution in [0.2, 0.25) is 0 Å². The first-order valence-corrected chi connectivity index (χ1v) is 14.2. The number of hydrogen-bond acceptors (Lipinski definition) is 1. The molecule has 6 aromatic carbocycles. The molecule has 1 heterocycles. The topological polar surface area (TPSA) is 13.1 Å². The molecule has 0 saturated heterocycles. The molecule has 0 fully saturated rings. The molecule has 8 rings (SSSR count). The third-order valence-electron chi connectivity index (χ3n) is 8.23. The number of benzene rings is 5. The molecule has 1 nitrogen and oxygen atoms in total. The van der Waals surface area contributed by atoms with Crippen molar-refractivity contribution < 1.29 is 4.42 Å². The van der Waals surface area contributed by atoms with E-state index in [1.165, 1.54) is 43.8 Å². The summed E-state index contributed by atoms with van der Waals surface area (Å²) in [5, 5.41) is 4.86. The Bertz CT molecular complexity index is 2020. The zero-order chi connectivity index (χ0) is 27.2. The second kappa shape index (κ2) is 9.70. The van der Waals surface area contributed by atoms with Gasteiger partial charge in [0.05, 0.1) is 0 Å². The molecule has 0 bridgehead atoms. The van der Waals surface area contributed by atoms with Gasteiger partial charge in [0.15, 0.2) is 0 Å². The van der Waals surface area contributed by atoms with E-state index >= 15 is 0 Å². The third-order valence-corrected chi connectivity index (χ3v) is 8.23. The van der Waals surface area contributed by atoms with E-state index in [1.807, 2.05) is 12.1 Å². The Morgan fingerprint density at radius 2 is 1.20 bits per heavy atom. The highest BCUT2D eigenvalue weighted by molar-refractivity contribution is 6.21. The van der Waals surface area contributed by atoms with E-state index in [4.69, 9.17) is 4.42 Å². The Balaban J connectivity index is 1.46. The molecule has 0 saturated carbocycles. The van der Waals surface area contributed by atoms with Crippen molar-refractivity contribution in [1.82, 2.24) is 0 Å².